The van der Waals surface area contributed by atoms with E-state index in [-0.39, 0.29) is 12.8 Å². The van der Waals surface area contributed by atoms with Gasteiger partial charge in [0.15, 0.2) is 6.29 Å². The predicted octanol–water partition coefficient (Wildman–Crippen LogP) is 8.33. The number of rotatable bonds is 39. The van der Waals surface area contributed by atoms with E-state index >= 15 is 0 Å². The Labute approximate surface area is 370 Å². The molecule has 1 heterocycles. The number of allylic oxidation sites excluding steroid dienone is 10. The molecule has 9 unspecified atom stereocenters. The lowest BCUT2D eigenvalue weighted by atomic mass is 9.98. The highest BCUT2D eigenvalue weighted by Crippen LogP contribution is 2.23. The van der Waals surface area contributed by atoms with Crippen LogP contribution in [-0.2, 0) is 14.3 Å². The summed E-state index contributed by atoms with van der Waals surface area (Å²) in [6, 6.07) is -1.20. The number of carbonyl (C=O) groups is 1. The highest BCUT2D eigenvalue weighted by atomic mass is 16.7. The minimum atomic E-state index is -1.67. The molecule has 1 rings (SSSR count). The van der Waals surface area contributed by atoms with Gasteiger partial charge in [-0.25, -0.2) is 0 Å². The summed E-state index contributed by atoms with van der Waals surface area (Å²) in [4.78, 5) is 13.1. The first kappa shape index (κ1) is 56.8. The number of amides is 1. The molecule has 0 aromatic rings. The van der Waals surface area contributed by atoms with Crippen molar-refractivity contribution in [2.45, 2.75) is 236 Å². The molecule has 1 aliphatic heterocycles. The second kappa shape index (κ2) is 39.4. The van der Waals surface area contributed by atoms with E-state index in [0.717, 1.165) is 64.2 Å². The maximum absolute atomic E-state index is 13.1. The van der Waals surface area contributed by atoms with Gasteiger partial charge in [-0.1, -0.05) is 158 Å². The molecule has 0 bridgehead atoms. The molecule has 0 saturated carbocycles. The van der Waals surface area contributed by atoms with E-state index in [4.69, 9.17) is 9.47 Å². The van der Waals surface area contributed by atoms with Gasteiger partial charge < -0.3 is 50.5 Å². The molecular weight excluding hydrogens is 775 g/mol. The van der Waals surface area contributed by atoms with Crippen LogP contribution in [0.4, 0.5) is 0 Å². The van der Waals surface area contributed by atoms with Gasteiger partial charge in [-0.15, -0.1) is 0 Å². The van der Waals surface area contributed by atoms with Crippen LogP contribution in [0.5, 0.6) is 0 Å². The van der Waals surface area contributed by atoms with E-state index in [2.05, 4.69) is 79.9 Å². The van der Waals surface area contributed by atoms with Crippen molar-refractivity contribution in [3.8, 4) is 0 Å². The molecule has 0 aromatic carbocycles. The number of hydrogen-bond acceptors (Lipinski definition) is 10. The average molecular weight is 864 g/mol. The normalized spacial score (nSPS) is 22.0. The Kier molecular flexibility index (Phi) is 36.7. The van der Waals surface area contributed by atoms with Gasteiger partial charge in [-0.05, 0) is 83.5 Å². The minimum Gasteiger partial charge on any atom is -0.394 e. The highest BCUT2D eigenvalue weighted by molar-refractivity contribution is 5.80. The van der Waals surface area contributed by atoms with Gasteiger partial charge in [0.05, 0.1) is 25.4 Å². The number of nitrogens with one attached hydrogen (secondary N) is 1. The summed E-state index contributed by atoms with van der Waals surface area (Å²) in [6.07, 6.45) is 37.0. The molecule has 1 saturated heterocycles. The van der Waals surface area contributed by atoms with Crippen molar-refractivity contribution >= 4 is 5.91 Å². The molecule has 8 N–H and O–H groups in total. The van der Waals surface area contributed by atoms with E-state index < -0.39 is 74.2 Å². The summed E-state index contributed by atoms with van der Waals surface area (Å²) in [5.74, 6) is -0.717. The van der Waals surface area contributed by atoms with Crippen LogP contribution >= 0.6 is 0 Å². The van der Waals surface area contributed by atoms with Crippen LogP contribution in [-0.4, -0.2) is 110 Å². The molecule has 1 aliphatic rings. The Balaban J connectivity index is 2.43. The van der Waals surface area contributed by atoms with Crippen molar-refractivity contribution in [2.75, 3.05) is 13.2 Å². The van der Waals surface area contributed by atoms with Gasteiger partial charge in [-0.3, -0.25) is 4.79 Å². The Hall–Kier alpha value is -2.19. The van der Waals surface area contributed by atoms with Crippen molar-refractivity contribution in [3.63, 3.8) is 0 Å². The van der Waals surface area contributed by atoms with E-state index in [1.54, 1.807) is 0 Å². The minimum absolute atomic E-state index is 0.238. The lowest BCUT2D eigenvalue weighted by Crippen LogP contribution is -2.60. The maximum Gasteiger partial charge on any atom is 0.249 e. The zero-order valence-electron chi connectivity index (χ0n) is 38.1. The van der Waals surface area contributed by atoms with E-state index in [0.29, 0.717) is 19.3 Å². The van der Waals surface area contributed by atoms with Gasteiger partial charge in [0.25, 0.3) is 0 Å². The van der Waals surface area contributed by atoms with E-state index in [9.17, 15) is 40.5 Å². The third kappa shape index (κ3) is 29.0. The fraction of sp³-hybridized carbons (Fsp3) is 0.780. The molecule has 9 atom stereocenters. The molecule has 11 nitrogen and oxygen atoms in total. The van der Waals surface area contributed by atoms with Crippen LogP contribution in [0.1, 0.15) is 181 Å². The monoisotopic (exact) mass is 864 g/mol. The summed E-state index contributed by atoms with van der Waals surface area (Å²) >= 11 is 0. The summed E-state index contributed by atoms with van der Waals surface area (Å²) in [5, 5.41) is 75.7. The molecule has 11 heteroatoms. The third-order valence-electron chi connectivity index (χ3n) is 11.2. The molecule has 61 heavy (non-hydrogen) atoms. The second-order valence-corrected chi connectivity index (χ2v) is 16.8. The summed E-state index contributed by atoms with van der Waals surface area (Å²) < 4.78 is 11.1. The molecule has 0 aromatic heterocycles. The van der Waals surface area contributed by atoms with Crippen LogP contribution in [0.15, 0.2) is 60.8 Å². The van der Waals surface area contributed by atoms with Crippen LogP contribution < -0.4 is 5.32 Å². The van der Waals surface area contributed by atoms with Crippen molar-refractivity contribution < 1.29 is 50.0 Å². The first-order valence-corrected chi connectivity index (χ1v) is 24.2. The standard InChI is InChI=1S/C50H89NO10/c1-3-5-7-9-11-13-15-17-19-20-21-22-23-24-26-28-30-32-34-36-38-43(54)49(59)51-41(40-60-50-48(58)47(57)46(56)44(39-52)61-50)45(55)42(53)37-35-33-31-29-27-25-18-16-14-12-10-8-6-4-2/h5,7-8,10-11,13,16,18,29,31,41-48,50,52-58H,3-4,6,9,12,14-15,17,19-28,30,32-40H2,1-2H3,(H,51,59)/b7-5-,10-8+,13-11-,18-16+,31-29+. The van der Waals surface area contributed by atoms with Crippen molar-refractivity contribution in [3.05, 3.63) is 60.8 Å². The first-order valence-electron chi connectivity index (χ1n) is 24.2. The van der Waals surface area contributed by atoms with Gasteiger partial charge in [-0.2, -0.15) is 0 Å². The fourth-order valence-electron chi connectivity index (χ4n) is 7.28. The van der Waals surface area contributed by atoms with Crippen LogP contribution in [0.3, 0.4) is 0 Å². The zero-order chi connectivity index (χ0) is 44.8. The number of carbonyl (C=O) groups excluding carboxylic acids is 1. The van der Waals surface area contributed by atoms with Crippen molar-refractivity contribution in [1.29, 1.82) is 0 Å². The van der Waals surface area contributed by atoms with Gasteiger partial charge in [0.2, 0.25) is 5.91 Å². The molecular formula is C50H89NO10. The number of hydrogen-bond donors (Lipinski definition) is 8. The van der Waals surface area contributed by atoms with Gasteiger partial charge >= 0.3 is 0 Å². The van der Waals surface area contributed by atoms with Gasteiger partial charge in [0.1, 0.15) is 36.6 Å². The van der Waals surface area contributed by atoms with Gasteiger partial charge in [0, 0.05) is 0 Å². The predicted molar refractivity (Wildman–Crippen MR) is 247 cm³/mol. The Morgan fingerprint density at radius 3 is 1.64 bits per heavy atom. The molecule has 1 amide bonds. The topological polar surface area (TPSA) is 189 Å². The zero-order valence-corrected chi connectivity index (χ0v) is 38.1. The SMILES string of the molecule is CC/C=C\C/C=C\CCCCCCCCCCCCCCCC(O)C(=O)NC(COC1OC(CO)C(O)C(O)C1O)C(O)C(O)CCC/C=C/CC/C=C/CC/C=C/CCC. The highest BCUT2D eigenvalue weighted by Gasteiger charge is 2.44. The smallest absolute Gasteiger partial charge is 0.249 e. The Morgan fingerprint density at radius 1 is 0.590 bits per heavy atom. The fourth-order valence-corrected chi connectivity index (χ4v) is 7.28. The van der Waals surface area contributed by atoms with Crippen LogP contribution in [0.25, 0.3) is 0 Å². The first-order chi connectivity index (χ1) is 29.7. The van der Waals surface area contributed by atoms with Crippen LogP contribution in [0, 0.1) is 0 Å². The maximum atomic E-state index is 13.1. The van der Waals surface area contributed by atoms with E-state index in [1.807, 2.05) is 0 Å². The number of ether oxygens (including phenoxy) is 2. The quantitative estimate of drug-likeness (QED) is 0.0220. The molecule has 354 valence electrons. The molecule has 1 fully saturated rings. The van der Waals surface area contributed by atoms with Crippen molar-refractivity contribution in [1.82, 2.24) is 5.32 Å². The summed E-state index contributed by atoms with van der Waals surface area (Å²) in [7, 11) is 0. The van der Waals surface area contributed by atoms with E-state index in [1.165, 1.54) is 70.6 Å². The van der Waals surface area contributed by atoms with Crippen molar-refractivity contribution in [2.24, 2.45) is 0 Å². The largest absolute Gasteiger partial charge is 0.394 e. The lowest BCUT2D eigenvalue weighted by Gasteiger charge is -2.40. The Morgan fingerprint density at radius 2 is 1.08 bits per heavy atom. The number of aliphatic hydroxyl groups is 7. The summed E-state index contributed by atoms with van der Waals surface area (Å²) in [5.41, 5.74) is 0. The summed E-state index contributed by atoms with van der Waals surface area (Å²) in [6.45, 7) is 3.24. The number of aliphatic hydroxyl groups excluding tert-OH is 7. The molecule has 0 spiro atoms. The lowest BCUT2D eigenvalue weighted by molar-refractivity contribution is -0.303. The molecule has 0 radical (unpaired) electrons. The third-order valence-corrected chi connectivity index (χ3v) is 11.2. The van der Waals surface area contributed by atoms with Crippen LogP contribution in [0.2, 0.25) is 0 Å². The average Bonchev–Trinajstić information content (AvgIpc) is 3.26. The Bertz CT molecular complexity index is 1170. The molecule has 0 aliphatic carbocycles. The number of unbranched alkanes of at least 4 members (excludes halogenated alkanes) is 17. The second-order valence-electron chi connectivity index (χ2n) is 16.8.